The van der Waals surface area contributed by atoms with Crippen LogP contribution in [0.5, 0.6) is 0 Å². The highest BCUT2D eigenvalue weighted by Gasteiger charge is 2.25. The standard InChI is InChI=1S/C20H31N5O2/c1-2-3-6-11-18(26)15-14-17-10-9-13-20(27)25(17)16-8-5-4-7-12-19-21-23-24-22-19/h5,8,14-15,17H,2-4,6-7,9-13,16H2,1H3,(H,21,22,23,24)/b8-5-,15-14+/t17-/m1/s1. The summed E-state index contributed by atoms with van der Waals surface area (Å²) in [4.78, 5) is 26.1. The lowest BCUT2D eigenvalue weighted by molar-refractivity contribution is -0.134. The van der Waals surface area contributed by atoms with Crippen LogP contribution in [0.2, 0.25) is 0 Å². The fourth-order valence-corrected chi connectivity index (χ4v) is 3.21. The highest BCUT2D eigenvalue weighted by atomic mass is 16.2. The highest BCUT2D eigenvalue weighted by Crippen LogP contribution is 2.19. The molecule has 0 aromatic carbocycles. The number of carbonyl (C=O) groups excluding carboxylic acids is 2. The molecule has 7 heteroatoms. The molecule has 1 aliphatic rings. The molecule has 2 rings (SSSR count). The van der Waals surface area contributed by atoms with Crippen molar-refractivity contribution in [2.45, 2.75) is 77.2 Å². The number of H-pyrrole nitrogens is 1. The van der Waals surface area contributed by atoms with Crippen molar-refractivity contribution in [2.75, 3.05) is 6.54 Å². The molecule has 27 heavy (non-hydrogen) atoms. The molecule has 1 N–H and O–H groups in total. The van der Waals surface area contributed by atoms with E-state index in [1.807, 2.05) is 17.1 Å². The molecule has 148 valence electrons. The monoisotopic (exact) mass is 373 g/mol. The van der Waals surface area contributed by atoms with Crippen LogP contribution in [0, 0.1) is 0 Å². The molecule has 1 aliphatic heterocycles. The number of aromatic amines is 1. The van der Waals surface area contributed by atoms with Crippen LogP contribution < -0.4 is 0 Å². The van der Waals surface area contributed by atoms with Crippen LogP contribution in [0.3, 0.4) is 0 Å². The first-order chi connectivity index (χ1) is 13.2. The van der Waals surface area contributed by atoms with E-state index in [-0.39, 0.29) is 17.7 Å². The number of piperidine rings is 1. The molecular formula is C20H31N5O2. The number of ketones is 1. The van der Waals surface area contributed by atoms with Gasteiger partial charge in [0.15, 0.2) is 11.6 Å². The molecule has 1 aromatic rings. The van der Waals surface area contributed by atoms with Crippen molar-refractivity contribution in [3.63, 3.8) is 0 Å². The number of unbranched alkanes of at least 4 members (excludes halogenated alkanes) is 3. The Kier molecular flexibility index (Phi) is 9.44. The van der Waals surface area contributed by atoms with Crippen molar-refractivity contribution in [3.05, 3.63) is 30.1 Å². The van der Waals surface area contributed by atoms with Gasteiger partial charge < -0.3 is 4.90 Å². The zero-order valence-electron chi connectivity index (χ0n) is 16.3. The number of amides is 1. The average molecular weight is 374 g/mol. The second kappa shape index (κ2) is 12.1. The van der Waals surface area contributed by atoms with Crippen molar-refractivity contribution in [1.82, 2.24) is 25.5 Å². The average Bonchev–Trinajstić information content (AvgIpc) is 3.18. The molecule has 1 aromatic heterocycles. The molecule has 1 atom stereocenters. The lowest BCUT2D eigenvalue weighted by atomic mass is 10.00. The number of hydrogen-bond acceptors (Lipinski definition) is 5. The first-order valence-electron chi connectivity index (χ1n) is 10.1. The Bertz CT molecular complexity index is 624. The number of allylic oxidation sites excluding steroid dienone is 2. The summed E-state index contributed by atoms with van der Waals surface area (Å²) in [5.74, 6) is 1.06. The fourth-order valence-electron chi connectivity index (χ4n) is 3.21. The van der Waals surface area contributed by atoms with Gasteiger partial charge in [0.25, 0.3) is 0 Å². The summed E-state index contributed by atoms with van der Waals surface area (Å²) < 4.78 is 0. The number of aryl methyl sites for hydroxylation is 1. The van der Waals surface area contributed by atoms with E-state index < -0.39 is 0 Å². The number of likely N-dealkylation sites (tertiary alicyclic amines) is 1. The van der Waals surface area contributed by atoms with Crippen LogP contribution in [-0.2, 0) is 16.0 Å². The molecular weight excluding hydrogens is 342 g/mol. The van der Waals surface area contributed by atoms with Gasteiger partial charge in [-0.25, -0.2) is 0 Å². The van der Waals surface area contributed by atoms with E-state index in [0.29, 0.717) is 19.4 Å². The van der Waals surface area contributed by atoms with Gasteiger partial charge >= 0.3 is 0 Å². The van der Waals surface area contributed by atoms with E-state index in [0.717, 1.165) is 57.2 Å². The third-order valence-corrected chi connectivity index (χ3v) is 4.77. The number of rotatable bonds is 12. The molecule has 0 spiro atoms. The predicted octanol–water partition coefficient (Wildman–Crippen LogP) is 3.17. The van der Waals surface area contributed by atoms with Gasteiger partial charge in [-0.15, -0.1) is 10.2 Å². The third kappa shape index (κ3) is 7.85. The van der Waals surface area contributed by atoms with Crippen molar-refractivity contribution in [3.8, 4) is 0 Å². The molecule has 0 bridgehead atoms. The summed E-state index contributed by atoms with van der Waals surface area (Å²) in [6, 6.07) is 0.0327. The van der Waals surface area contributed by atoms with Crippen LogP contribution in [-0.4, -0.2) is 49.8 Å². The second-order valence-corrected chi connectivity index (χ2v) is 6.98. The van der Waals surface area contributed by atoms with Gasteiger partial charge in [-0.1, -0.05) is 43.2 Å². The van der Waals surface area contributed by atoms with E-state index in [1.54, 1.807) is 6.08 Å². The maximum Gasteiger partial charge on any atom is 0.223 e. The highest BCUT2D eigenvalue weighted by molar-refractivity contribution is 5.89. The number of aromatic nitrogens is 4. The normalized spacial score (nSPS) is 18.0. The molecule has 7 nitrogen and oxygen atoms in total. The van der Waals surface area contributed by atoms with E-state index in [4.69, 9.17) is 0 Å². The smallest absolute Gasteiger partial charge is 0.223 e. The summed E-state index contributed by atoms with van der Waals surface area (Å²) in [6.07, 6.45) is 16.6. The molecule has 2 heterocycles. The van der Waals surface area contributed by atoms with Crippen LogP contribution in [0.25, 0.3) is 0 Å². The lowest BCUT2D eigenvalue weighted by Crippen LogP contribution is -2.42. The first-order valence-corrected chi connectivity index (χ1v) is 10.1. The van der Waals surface area contributed by atoms with Gasteiger partial charge in [0.05, 0.1) is 6.04 Å². The van der Waals surface area contributed by atoms with Gasteiger partial charge in [-0.05, 0) is 38.2 Å². The van der Waals surface area contributed by atoms with E-state index in [2.05, 4.69) is 33.6 Å². The minimum Gasteiger partial charge on any atom is -0.333 e. The van der Waals surface area contributed by atoms with Gasteiger partial charge in [0.2, 0.25) is 5.91 Å². The second-order valence-electron chi connectivity index (χ2n) is 6.98. The van der Waals surface area contributed by atoms with Crippen molar-refractivity contribution >= 4 is 11.7 Å². The predicted molar refractivity (Wildman–Crippen MR) is 104 cm³/mol. The van der Waals surface area contributed by atoms with Gasteiger partial charge in [-0.2, -0.15) is 5.21 Å². The van der Waals surface area contributed by atoms with Crippen LogP contribution >= 0.6 is 0 Å². The molecule has 0 saturated carbocycles. The zero-order valence-corrected chi connectivity index (χ0v) is 16.3. The maximum atomic E-state index is 12.3. The topological polar surface area (TPSA) is 91.8 Å². The summed E-state index contributed by atoms with van der Waals surface area (Å²) in [5, 5.41) is 13.8. The summed E-state index contributed by atoms with van der Waals surface area (Å²) in [6.45, 7) is 2.73. The van der Waals surface area contributed by atoms with Crippen LogP contribution in [0.15, 0.2) is 24.3 Å². The minimum absolute atomic E-state index is 0.0327. The Balaban J connectivity index is 1.76. The Hall–Kier alpha value is -2.31. The van der Waals surface area contributed by atoms with Crippen molar-refractivity contribution < 1.29 is 9.59 Å². The lowest BCUT2D eigenvalue weighted by Gasteiger charge is -2.33. The van der Waals surface area contributed by atoms with Crippen molar-refractivity contribution in [1.29, 1.82) is 0 Å². The largest absolute Gasteiger partial charge is 0.333 e. The maximum absolute atomic E-state index is 12.3. The molecule has 0 aliphatic carbocycles. The number of carbonyl (C=O) groups is 2. The molecule has 1 amide bonds. The molecule has 1 saturated heterocycles. The summed E-state index contributed by atoms with van der Waals surface area (Å²) in [5.41, 5.74) is 0. The number of nitrogens with zero attached hydrogens (tertiary/aromatic N) is 4. The first kappa shape index (κ1) is 21.0. The zero-order chi connectivity index (χ0) is 19.3. The van der Waals surface area contributed by atoms with Gasteiger partial charge in [0, 0.05) is 25.8 Å². The molecule has 0 unspecified atom stereocenters. The quantitative estimate of drug-likeness (QED) is 0.345. The molecule has 0 radical (unpaired) electrons. The summed E-state index contributed by atoms with van der Waals surface area (Å²) >= 11 is 0. The Morgan fingerprint density at radius 1 is 1.30 bits per heavy atom. The van der Waals surface area contributed by atoms with Crippen LogP contribution in [0.1, 0.15) is 70.5 Å². The number of hydrogen-bond donors (Lipinski definition) is 1. The Morgan fingerprint density at radius 2 is 2.19 bits per heavy atom. The minimum atomic E-state index is 0.0327. The fraction of sp³-hybridized carbons (Fsp3) is 0.650. The van der Waals surface area contributed by atoms with Crippen molar-refractivity contribution in [2.24, 2.45) is 0 Å². The van der Waals surface area contributed by atoms with Gasteiger partial charge in [0.1, 0.15) is 0 Å². The Morgan fingerprint density at radius 3 is 2.96 bits per heavy atom. The van der Waals surface area contributed by atoms with E-state index in [1.165, 1.54) is 0 Å². The van der Waals surface area contributed by atoms with Gasteiger partial charge in [-0.3, -0.25) is 9.59 Å². The SMILES string of the molecule is CCCCCC(=O)/C=C/[C@H]1CCCC(=O)N1C/C=C\CCCc1nn[nH]n1. The van der Waals surface area contributed by atoms with Crippen LogP contribution in [0.4, 0.5) is 0 Å². The molecule has 1 fully saturated rings. The third-order valence-electron chi connectivity index (χ3n) is 4.77. The van der Waals surface area contributed by atoms with E-state index >= 15 is 0 Å². The number of tetrazole rings is 1. The number of nitrogens with one attached hydrogen (secondary N) is 1. The summed E-state index contributed by atoms with van der Waals surface area (Å²) in [7, 11) is 0. The van der Waals surface area contributed by atoms with E-state index in [9.17, 15) is 9.59 Å². The Labute approximate surface area is 161 Å².